The summed E-state index contributed by atoms with van der Waals surface area (Å²) in [6.45, 7) is 8.71. The molecule has 0 radical (unpaired) electrons. The Balaban J connectivity index is 1.53. The number of aromatic nitrogens is 4. The van der Waals surface area contributed by atoms with Gasteiger partial charge in [-0.2, -0.15) is 5.10 Å². The lowest BCUT2D eigenvalue weighted by molar-refractivity contribution is -0.115. The van der Waals surface area contributed by atoms with Crippen LogP contribution in [0.5, 0.6) is 0 Å². The van der Waals surface area contributed by atoms with Gasteiger partial charge in [0.25, 0.3) is 0 Å². The average Bonchev–Trinajstić information content (AvgIpc) is 3.33. The molecule has 0 bridgehead atoms. The Morgan fingerprint density at radius 3 is 2.61 bits per heavy atom. The van der Waals surface area contributed by atoms with Crippen molar-refractivity contribution in [2.45, 2.75) is 52.4 Å². The number of hydrogen-bond acceptors (Lipinski definition) is 6. The van der Waals surface area contributed by atoms with Crippen LogP contribution in [0.25, 0.3) is 0 Å². The number of carbonyl (C=O) groups excluding carboxylic acids is 2. The van der Waals surface area contributed by atoms with E-state index < -0.39 is 0 Å². The summed E-state index contributed by atoms with van der Waals surface area (Å²) in [4.78, 5) is 33.8. The van der Waals surface area contributed by atoms with Crippen LogP contribution in [0, 0.1) is 0 Å². The second-order valence-corrected chi connectivity index (χ2v) is 9.90. The monoisotopic (exact) mass is 469 g/mol. The number of pyridine rings is 1. The van der Waals surface area contributed by atoms with Crippen LogP contribution in [0.15, 0.2) is 30.6 Å². The van der Waals surface area contributed by atoms with Crippen molar-refractivity contribution in [1.29, 1.82) is 0 Å². The number of anilines is 2. The summed E-state index contributed by atoms with van der Waals surface area (Å²) in [5.74, 6) is 0.398. The molecule has 0 unspecified atom stereocenters. The molecular weight excluding hydrogens is 438 g/mol. The molecule has 0 aromatic carbocycles. The number of aryl methyl sites for hydroxylation is 3. The molecule has 3 aromatic rings. The Hall–Kier alpha value is -3.27. The smallest absolute Gasteiger partial charge is 0.320 e. The molecule has 3 N–H and O–H groups in total. The second kappa shape index (κ2) is 10.6. The Bertz CT molecular complexity index is 1110. The summed E-state index contributed by atoms with van der Waals surface area (Å²) >= 11 is 1.47. The average molecular weight is 470 g/mol. The van der Waals surface area contributed by atoms with Gasteiger partial charge in [-0.1, -0.05) is 20.8 Å². The molecule has 0 aliphatic rings. The first-order chi connectivity index (χ1) is 15.6. The summed E-state index contributed by atoms with van der Waals surface area (Å²) in [5, 5.41) is 13.4. The van der Waals surface area contributed by atoms with E-state index in [1.807, 2.05) is 32.2 Å². The third kappa shape index (κ3) is 7.11. The molecule has 33 heavy (non-hydrogen) atoms. The van der Waals surface area contributed by atoms with E-state index >= 15 is 0 Å². The Morgan fingerprint density at radius 1 is 1.12 bits per heavy atom. The van der Waals surface area contributed by atoms with Gasteiger partial charge in [0.2, 0.25) is 5.91 Å². The standard InChI is InChI=1S/C23H31N7O2S/c1-6-24-21(32)27-19-11-15(9-10-25-19)7-8-17-14-26-22(33-17)28-20(31)13-16-12-18(23(2,3)4)29-30(16)5/h9-12,14H,6-8,13H2,1-5H3,(H,26,28,31)(H2,24,25,27,32). The predicted octanol–water partition coefficient (Wildman–Crippen LogP) is 3.68. The topological polar surface area (TPSA) is 114 Å². The van der Waals surface area contributed by atoms with Gasteiger partial charge in [-0.3, -0.25) is 14.8 Å². The minimum atomic E-state index is -0.272. The van der Waals surface area contributed by atoms with Crippen LogP contribution >= 0.6 is 11.3 Å². The van der Waals surface area contributed by atoms with Gasteiger partial charge in [-0.15, -0.1) is 11.3 Å². The predicted molar refractivity (Wildman–Crippen MR) is 131 cm³/mol. The third-order valence-electron chi connectivity index (χ3n) is 4.95. The van der Waals surface area contributed by atoms with Gasteiger partial charge in [0.1, 0.15) is 5.82 Å². The van der Waals surface area contributed by atoms with Gasteiger partial charge in [0.15, 0.2) is 5.13 Å². The van der Waals surface area contributed by atoms with Gasteiger partial charge >= 0.3 is 6.03 Å². The summed E-state index contributed by atoms with van der Waals surface area (Å²) in [6, 6.07) is 5.49. The number of carbonyl (C=O) groups is 2. The first-order valence-corrected chi connectivity index (χ1v) is 11.7. The molecule has 176 valence electrons. The summed E-state index contributed by atoms with van der Waals surface area (Å²) in [7, 11) is 1.86. The van der Waals surface area contributed by atoms with E-state index in [-0.39, 0.29) is 23.8 Å². The molecule has 9 nitrogen and oxygen atoms in total. The number of hydrogen-bond donors (Lipinski definition) is 3. The zero-order valence-electron chi connectivity index (χ0n) is 19.7. The lowest BCUT2D eigenvalue weighted by atomic mass is 9.92. The van der Waals surface area contributed by atoms with E-state index in [1.54, 1.807) is 17.1 Å². The highest BCUT2D eigenvalue weighted by molar-refractivity contribution is 7.15. The molecule has 3 heterocycles. The first-order valence-electron chi connectivity index (χ1n) is 10.9. The van der Waals surface area contributed by atoms with Crippen LogP contribution in [0.1, 0.15) is 49.5 Å². The summed E-state index contributed by atoms with van der Waals surface area (Å²) in [5.41, 5.74) is 2.82. The van der Waals surface area contributed by atoms with E-state index in [4.69, 9.17) is 0 Å². The Kier molecular flexibility index (Phi) is 7.80. The van der Waals surface area contributed by atoms with Gasteiger partial charge in [0, 0.05) is 42.0 Å². The van der Waals surface area contributed by atoms with Crippen LogP contribution in [0.4, 0.5) is 15.7 Å². The van der Waals surface area contributed by atoms with Gasteiger partial charge < -0.3 is 10.6 Å². The van der Waals surface area contributed by atoms with E-state index in [2.05, 4.69) is 51.8 Å². The molecule has 0 aliphatic carbocycles. The lowest BCUT2D eigenvalue weighted by Gasteiger charge is -2.13. The third-order valence-corrected chi connectivity index (χ3v) is 5.92. The zero-order valence-corrected chi connectivity index (χ0v) is 20.5. The van der Waals surface area contributed by atoms with Gasteiger partial charge in [0.05, 0.1) is 12.1 Å². The van der Waals surface area contributed by atoms with Crippen LogP contribution in [0.3, 0.4) is 0 Å². The van der Waals surface area contributed by atoms with Gasteiger partial charge in [-0.05, 0) is 43.5 Å². The SMILES string of the molecule is CCNC(=O)Nc1cc(CCc2cnc(NC(=O)Cc3cc(C(C)(C)C)nn3C)s2)ccn1. The number of amides is 3. The fourth-order valence-electron chi connectivity index (χ4n) is 3.13. The summed E-state index contributed by atoms with van der Waals surface area (Å²) in [6.07, 6.45) is 5.25. The molecule has 3 aromatic heterocycles. The molecule has 3 rings (SSSR count). The quantitative estimate of drug-likeness (QED) is 0.466. The molecule has 0 atom stereocenters. The van der Waals surface area contributed by atoms with Crippen LogP contribution < -0.4 is 16.0 Å². The highest BCUT2D eigenvalue weighted by Gasteiger charge is 2.20. The van der Waals surface area contributed by atoms with Crippen LogP contribution in [-0.2, 0) is 36.5 Å². The molecule has 0 saturated heterocycles. The first kappa shape index (κ1) is 24.4. The Morgan fingerprint density at radius 2 is 1.91 bits per heavy atom. The zero-order chi connectivity index (χ0) is 24.0. The fraction of sp³-hybridized carbons (Fsp3) is 0.435. The summed E-state index contributed by atoms with van der Waals surface area (Å²) < 4.78 is 1.76. The van der Waals surface area contributed by atoms with E-state index in [1.165, 1.54) is 11.3 Å². The van der Waals surface area contributed by atoms with Crippen molar-refractivity contribution in [2.75, 3.05) is 17.2 Å². The van der Waals surface area contributed by atoms with Gasteiger partial charge in [-0.25, -0.2) is 14.8 Å². The molecule has 0 spiro atoms. The number of nitrogens with zero attached hydrogens (tertiary/aromatic N) is 4. The fourth-order valence-corrected chi connectivity index (χ4v) is 3.96. The number of thiazole rings is 1. The van der Waals surface area contributed by atoms with Crippen LogP contribution in [0.2, 0.25) is 0 Å². The minimum absolute atomic E-state index is 0.0652. The van der Waals surface area contributed by atoms with E-state index in [0.29, 0.717) is 17.5 Å². The van der Waals surface area contributed by atoms with Crippen LogP contribution in [-0.4, -0.2) is 38.2 Å². The Labute approximate surface area is 198 Å². The minimum Gasteiger partial charge on any atom is -0.338 e. The van der Waals surface area contributed by atoms with Crippen molar-refractivity contribution in [3.8, 4) is 0 Å². The van der Waals surface area contributed by atoms with E-state index in [9.17, 15) is 9.59 Å². The molecule has 0 aliphatic heterocycles. The van der Waals surface area contributed by atoms with Crippen molar-refractivity contribution in [3.63, 3.8) is 0 Å². The largest absolute Gasteiger partial charge is 0.338 e. The second-order valence-electron chi connectivity index (χ2n) is 8.78. The molecule has 10 heteroatoms. The van der Waals surface area contributed by atoms with Crippen molar-refractivity contribution in [2.24, 2.45) is 7.05 Å². The lowest BCUT2D eigenvalue weighted by Crippen LogP contribution is -2.28. The van der Waals surface area contributed by atoms with E-state index in [0.717, 1.165) is 34.7 Å². The molecular formula is C23H31N7O2S. The molecule has 0 saturated carbocycles. The molecule has 0 fully saturated rings. The van der Waals surface area contributed by atoms with Crippen molar-refractivity contribution >= 4 is 34.2 Å². The van der Waals surface area contributed by atoms with Crippen molar-refractivity contribution in [3.05, 3.63) is 52.4 Å². The maximum atomic E-state index is 12.5. The van der Waals surface area contributed by atoms with Crippen molar-refractivity contribution < 1.29 is 9.59 Å². The van der Waals surface area contributed by atoms with Crippen molar-refractivity contribution in [1.82, 2.24) is 25.1 Å². The maximum absolute atomic E-state index is 12.5. The highest BCUT2D eigenvalue weighted by atomic mass is 32.1. The molecule has 3 amide bonds. The normalized spacial score (nSPS) is 11.3. The number of rotatable bonds is 8. The number of nitrogens with one attached hydrogen (secondary N) is 3. The highest BCUT2D eigenvalue weighted by Crippen LogP contribution is 2.23. The number of urea groups is 1. The maximum Gasteiger partial charge on any atom is 0.320 e.